The van der Waals surface area contributed by atoms with Crippen LogP contribution in [0, 0.1) is 5.92 Å². The first-order valence-corrected chi connectivity index (χ1v) is 8.11. The largest absolute Gasteiger partial charge is 0.311 e. The Morgan fingerprint density at radius 1 is 1.24 bits per heavy atom. The lowest BCUT2D eigenvalue weighted by atomic mass is 10.0. The Balaban J connectivity index is 1.59. The van der Waals surface area contributed by atoms with Gasteiger partial charge in [0.05, 0.1) is 11.7 Å². The van der Waals surface area contributed by atoms with E-state index in [1.54, 1.807) is 0 Å². The highest BCUT2D eigenvalue weighted by Crippen LogP contribution is 2.17. The summed E-state index contributed by atoms with van der Waals surface area (Å²) in [7, 11) is 0. The van der Waals surface area contributed by atoms with Crippen molar-refractivity contribution in [3.8, 4) is 0 Å². The summed E-state index contributed by atoms with van der Waals surface area (Å²) in [4.78, 5) is 2.65. The Morgan fingerprint density at radius 3 is 2.81 bits per heavy atom. The van der Waals surface area contributed by atoms with Crippen LogP contribution in [-0.4, -0.2) is 40.2 Å². The summed E-state index contributed by atoms with van der Waals surface area (Å²) in [5, 5.41) is 8.04. The molecule has 4 heteroatoms. The van der Waals surface area contributed by atoms with Gasteiger partial charge in [-0.3, -0.25) is 4.90 Å². The van der Waals surface area contributed by atoms with Crippen molar-refractivity contribution in [2.45, 2.75) is 39.3 Å². The maximum atomic E-state index is 4.40. The molecule has 0 spiro atoms. The number of pyridine rings is 1. The Kier molecular flexibility index (Phi) is 4.56. The molecule has 3 heterocycles. The summed E-state index contributed by atoms with van der Waals surface area (Å²) < 4.78 is 1.94. The molecule has 1 saturated heterocycles. The van der Waals surface area contributed by atoms with Crippen molar-refractivity contribution in [3.05, 3.63) is 36.2 Å². The second-order valence-electron chi connectivity index (χ2n) is 6.39. The highest BCUT2D eigenvalue weighted by atomic mass is 15.2. The molecule has 1 fully saturated rings. The van der Waals surface area contributed by atoms with E-state index in [4.69, 9.17) is 0 Å². The van der Waals surface area contributed by atoms with Gasteiger partial charge < -0.3 is 5.32 Å². The second kappa shape index (κ2) is 6.58. The van der Waals surface area contributed by atoms with E-state index < -0.39 is 0 Å². The van der Waals surface area contributed by atoms with E-state index in [1.807, 2.05) is 23.0 Å². The van der Waals surface area contributed by atoms with Gasteiger partial charge in [-0.25, -0.2) is 4.52 Å². The number of hydrogen-bond donors (Lipinski definition) is 1. The zero-order chi connectivity index (χ0) is 14.7. The number of nitrogens with zero attached hydrogens (tertiary/aromatic N) is 3. The first-order valence-electron chi connectivity index (χ1n) is 8.11. The minimum atomic E-state index is 0.648. The molecule has 0 radical (unpaired) electrons. The molecule has 0 aliphatic carbocycles. The van der Waals surface area contributed by atoms with Crippen LogP contribution in [0.4, 0.5) is 0 Å². The highest BCUT2D eigenvalue weighted by molar-refractivity contribution is 5.53. The number of hydrogen-bond acceptors (Lipinski definition) is 3. The standard InChI is InChI=1S/C17H26N4/c1-14(2)17(20-8-5-6-9-20)13-18-11-15-12-19-21-10-4-3-7-16(15)21/h3-4,7,10,12,14,17-18H,5-6,8-9,11,13H2,1-2H3. The monoisotopic (exact) mass is 286 g/mol. The fourth-order valence-electron chi connectivity index (χ4n) is 3.34. The van der Waals surface area contributed by atoms with Crippen LogP contribution in [0.5, 0.6) is 0 Å². The van der Waals surface area contributed by atoms with Crippen molar-refractivity contribution in [2.24, 2.45) is 5.92 Å². The van der Waals surface area contributed by atoms with Gasteiger partial charge >= 0.3 is 0 Å². The number of likely N-dealkylation sites (tertiary alicyclic amines) is 1. The molecule has 0 saturated carbocycles. The second-order valence-corrected chi connectivity index (χ2v) is 6.39. The fraction of sp³-hybridized carbons (Fsp3) is 0.588. The van der Waals surface area contributed by atoms with E-state index in [0.29, 0.717) is 12.0 Å². The minimum Gasteiger partial charge on any atom is -0.311 e. The summed E-state index contributed by atoms with van der Waals surface area (Å²) in [5.74, 6) is 0.694. The fourth-order valence-corrected chi connectivity index (χ4v) is 3.34. The molecular weight excluding hydrogens is 260 g/mol. The third-order valence-corrected chi connectivity index (χ3v) is 4.55. The van der Waals surface area contributed by atoms with Gasteiger partial charge in [0.25, 0.3) is 0 Å². The maximum absolute atomic E-state index is 4.40. The normalized spacial score (nSPS) is 17.9. The predicted molar refractivity (Wildman–Crippen MR) is 86.3 cm³/mol. The van der Waals surface area contributed by atoms with Crippen molar-refractivity contribution in [2.75, 3.05) is 19.6 Å². The van der Waals surface area contributed by atoms with E-state index in [0.717, 1.165) is 13.1 Å². The summed E-state index contributed by atoms with van der Waals surface area (Å²) in [6.07, 6.45) is 6.69. The van der Waals surface area contributed by atoms with Crippen LogP contribution in [0.3, 0.4) is 0 Å². The summed E-state index contributed by atoms with van der Waals surface area (Å²) in [5.41, 5.74) is 2.48. The Bertz CT molecular complexity index is 569. The molecule has 1 unspecified atom stereocenters. The lowest BCUT2D eigenvalue weighted by Crippen LogP contribution is -2.44. The number of rotatable bonds is 6. The molecule has 0 amide bonds. The number of fused-ring (bicyclic) bond motifs is 1. The molecule has 114 valence electrons. The lowest BCUT2D eigenvalue weighted by molar-refractivity contribution is 0.186. The minimum absolute atomic E-state index is 0.648. The highest BCUT2D eigenvalue weighted by Gasteiger charge is 2.24. The van der Waals surface area contributed by atoms with Gasteiger partial charge in [-0.1, -0.05) is 19.9 Å². The zero-order valence-electron chi connectivity index (χ0n) is 13.1. The lowest BCUT2D eigenvalue weighted by Gasteiger charge is -2.31. The van der Waals surface area contributed by atoms with Crippen molar-refractivity contribution < 1.29 is 0 Å². The first-order chi connectivity index (χ1) is 10.3. The molecule has 1 N–H and O–H groups in total. The van der Waals surface area contributed by atoms with E-state index in [1.165, 1.54) is 37.0 Å². The topological polar surface area (TPSA) is 32.6 Å². The molecule has 0 bridgehead atoms. The van der Waals surface area contributed by atoms with Crippen LogP contribution in [0.15, 0.2) is 30.6 Å². The predicted octanol–water partition coefficient (Wildman–Crippen LogP) is 2.54. The molecule has 1 aliphatic heterocycles. The van der Waals surface area contributed by atoms with Crippen molar-refractivity contribution in [3.63, 3.8) is 0 Å². The molecule has 1 atom stereocenters. The van der Waals surface area contributed by atoms with Crippen LogP contribution < -0.4 is 5.32 Å². The van der Waals surface area contributed by atoms with Crippen molar-refractivity contribution in [1.82, 2.24) is 19.8 Å². The first kappa shape index (κ1) is 14.5. The molecule has 2 aromatic heterocycles. The Hall–Kier alpha value is -1.39. The van der Waals surface area contributed by atoms with Crippen LogP contribution >= 0.6 is 0 Å². The third kappa shape index (κ3) is 3.27. The molecular formula is C17H26N4. The number of nitrogens with one attached hydrogen (secondary N) is 1. The summed E-state index contributed by atoms with van der Waals surface area (Å²) >= 11 is 0. The van der Waals surface area contributed by atoms with Crippen LogP contribution in [0.2, 0.25) is 0 Å². The molecule has 4 nitrogen and oxygen atoms in total. The van der Waals surface area contributed by atoms with Gasteiger partial charge in [-0.2, -0.15) is 5.10 Å². The Morgan fingerprint density at radius 2 is 2.05 bits per heavy atom. The van der Waals surface area contributed by atoms with Gasteiger partial charge in [-0.15, -0.1) is 0 Å². The molecule has 21 heavy (non-hydrogen) atoms. The molecule has 1 aliphatic rings. The van der Waals surface area contributed by atoms with Gasteiger partial charge in [0, 0.05) is 30.9 Å². The third-order valence-electron chi connectivity index (χ3n) is 4.55. The molecule has 3 rings (SSSR count). The van der Waals surface area contributed by atoms with E-state index in [-0.39, 0.29) is 0 Å². The van der Waals surface area contributed by atoms with Crippen molar-refractivity contribution >= 4 is 5.52 Å². The van der Waals surface area contributed by atoms with Gasteiger partial charge in [0.15, 0.2) is 0 Å². The number of aromatic nitrogens is 2. The van der Waals surface area contributed by atoms with E-state index in [9.17, 15) is 0 Å². The van der Waals surface area contributed by atoms with Crippen LogP contribution in [-0.2, 0) is 6.54 Å². The zero-order valence-corrected chi connectivity index (χ0v) is 13.1. The van der Waals surface area contributed by atoms with Gasteiger partial charge in [-0.05, 0) is 44.0 Å². The summed E-state index contributed by atoms with van der Waals surface area (Å²) in [6, 6.07) is 6.86. The average molecular weight is 286 g/mol. The van der Waals surface area contributed by atoms with Crippen LogP contribution in [0.25, 0.3) is 5.52 Å². The summed E-state index contributed by atoms with van der Waals surface area (Å²) in [6.45, 7) is 9.15. The maximum Gasteiger partial charge on any atom is 0.0706 e. The average Bonchev–Trinajstić information content (AvgIpc) is 3.13. The molecule has 0 aromatic carbocycles. The quantitative estimate of drug-likeness (QED) is 0.886. The van der Waals surface area contributed by atoms with Crippen LogP contribution in [0.1, 0.15) is 32.3 Å². The van der Waals surface area contributed by atoms with Crippen molar-refractivity contribution in [1.29, 1.82) is 0 Å². The van der Waals surface area contributed by atoms with E-state index >= 15 is 0 Å². The smallest absolute Gasteiger partial charge is 0.0706 e. The van der Waals surface area contributed by atoms with Gasteiger partial charge in [0.1, 0.15) is 0 Å². The molecule has 2 aromatic rings. The van der Waals surface area contributed by atoms with Gasteiger partial charge in [0.2, 0.25) is 0 Å². The SMILES string of the molecule is CC(C)C(CNCc1cnn2ccccc12)N1CCCC1. The van der Waals surface area contributed by atoms with E-state index in [2.05, 4.69) is 41.3 Å². The Labute approximate surface area is 127 Å².